The van der Waals surface area contributed by atoms with Gasteiger partial charge in [-0.15, -0.1) is 0 Å². The maximum absolute atomic E-state index is 12.0. The van der Waals surface area contributed by atoms with E-state index in [-0.39, 0.29) is 11.7 Å². The fourth-order valence-corrected chi connectivity index (χ4v) is 1.89. The van der Waals surface area contributed by atoms with Crippen LogP contribution in [0.3, 0.4) is 0 Å². The number of carbonyl (C=O) groups is 1. The number of aromatic amines is 1. The van der Waals surface area contributed by atoms with E-state index in [2.05, 4.69) is 20.5 Å². The quantitative estimate of drug-likeness (QED) is 0.894. The van der Waals surface area contributed by atoms with Crippen molar-refractivity contribution in [3.05, 3.63) is 42.1 Å². The van der Waals surface area contributed by atoms with Crippen molar-refractivity contribution in [2.24, 2.45) is 0 Å². The van der Waals surface area contributed by atoms with E-state index >= 15 is 0 Å². The lowest BCUT2D eigenvalue weighted by Gasteiger charge is -2.15. The fraction of sp³-hybridized carbons (Fsp3) is 0.214. The molecule has 2 heterocycles. The van der Waals surface area contributed by atoms with E-state index in [0.29, 0.717) is 24.7 Å². The Morgan fingerprint density at radius 2 is 2.29 bits per heavy atom. The van der Waals surface area contributed by atoms with E-state index in [1.807, 2.05) is 19.1 Å². The topological polar surface area (TPSA) is 89.1 Å². The summed E-state index contributed by atoms with van der Waals surface area (Å²) in [6.07, 6.45) is 1.32. The number of nitrogens with one attached hydrogen (secondary N) is 2. The van der Waals surface area contributed by atoms with Crippen LogP contribution in [0.1, 0.15) is 5.82 Å². The van der Waals surface area contributed by atoms with Crippen LogP contribution >= 0.6 is 0 Å². The summed E-state index contributed by atoms with van der Waals surface area (Å²) in [5.74, 6) is 1.14. The third-order valence-corrected chi connectivity index (χ3v) is 2.85. The Labute approximate surface area is 121 Å². The number of aromatic nitrogens is 3. The molecule has 0 spiro atoms. The highest BCUT2D eigenvalue weighted by atomic mass is 16.6. The second kappa shape index (κ2) is 5.66. The fourth-order valence-electron chi connectivity index (χ4n) is 1.89. The minimum absolute atomic E-state index is 0.167. The lowest BCUT2D eigenvalue weighted by Crippen LogP contribution is -2.21. The summed E-state index contributed by atoms with van der Waals surface area (Å²) in [4.78, 5) is 16.3. The van der Waals surface area contributed by atoms with E-state index < -0.39 is 0 Å². The molecule has 1 aromatic carbocycles. The van der Waals surface area contributed by atoms with Gasteiger partial charge in [-0.05, 0) is 19.1 Å². The summed E-state index contributed by atoms with van der Waals surface area (Å²) in [6.45, 7) is 2.65. The van der Waals surface area contributed by atoms with Crippen LogP contribution in [0.25, 0.3) is 11.4 Å². The van der Waals surface area contributed by atoms with Gasteiger partial charge in [0.1, 0.15) is 25.3 Å². The highest BCUT2D eigenvalue weighted by Crippen LogP contribution is 2.20. The maximum Gasteiger partial charge on any atom is 0.294 e. The van der Waals surface area contributed by atoms with Crippen LogP contribution in [0.5, 0.6) is 0 Å². The van der Waals surface area contributed by atoms with E-state index in [0.717, 1.165) is 11.4 Å². The Kier molecular flexibility index (Phi) is 3.55. The van der Waals surface area contributed by atoms with Crippen LogP contribution in [0.15, 0.2) is 36.3 Å². The number of rotatable bonds is 3. The summed E-state index contributed by atoms with van der Waals surface area (Å²) < 4.78 is 10.3. The number of ether oxygens (including phenoxy) is 2. The molecule has 0 fully saturated rings. The molecular weight excluding hydrogens is 272 g/mol. The molecule has 21 heavy (non-hydrogen) atoms. The number of hydrogen-bond donors (Lipinski definition) is 2. The zero-order chi connectivity index (χ0) is 14.7. The van der Waals surface area contributed by atoms with Crippen LogP contribution in [-0.4, -0.2) is 34.3 Å². The number of carbonyl (C=O) groups excluding carboxylic acids is 1. The molecule has 0 atom stereocenters. The molecule has 3 rings (SSSR count). The van der Waals surface area contributed by atoms with Gasteiger partial charge in [0.05, 0.1) is 0 Å². The van der Waals surface area contributed by atoms with Crippen molar-refractivity contribution >= 4 is 11.6 Å². The van der Waals surface area contributed by atoms with Crippen molar-refractivity contribution in [1.82, 2.24) is 15.2 Å². The first-order valence-corrected chi connectivity index (χ1v) is 6.48. The number of hydrogen-bond acceptors (Lipinski definition) is 5. The van der Waals surface area contributed by atoms with Crippen LogP contribution in [0.2, 0.25) is 0 Å². The van der Waals surface area contributed by atoms with Gasteiger partial charge in [-0.25, -0.2) is 4.98 Å². The molecule has 0 saturated heterocycles. The van der Waals surface area contributed by atoms with Crippen LogP contribution in [0, 0.1) is 6.92 Å². The molecule has 7 heteroatoms. The number of amides is 1. The van der Waals surface area contributed by atoms with Crippen molar-refractivity contribution in [2.75, 3.05) is 18.5 Å². The SMILES string of the molecule is Cc1nc(-c2cccc(NC(=O)C3=COCCO3)c2)n[nH]1. The predicted octanol–water partition coefficient (Wildman–Crippen LogP) is 1.61. The summed E-state index contributed by atoms with van der Waals surface area (Å²) in [5.41, 5.74) is 1.45. The molecule has 7 nitrogen and oxygen atoms in total. The van der Waals surface area contributed by atoms with Gasteiger partial charge in [-0.3, -0.25) is 9.89 Å². The Hall–Kier alpha value is -2.83. The van der Waals surface area contributed by atoms with Gasteiger partial charge in [-0.2, -0.15) is 5.10 Å². The molecule has 1 amide bonds. The average molecular weight is 286 g/mol. The zero-order valence-corrected chi connectivity index (χ0v) is 11.4. The monoisotopic (exact) mass is 286 g/mol. The summed E-state index contributed by atoms with van der Waals surface area (Å²) in [7, 11) is 0. The summed E-state index contributed by atoms with van der Waals surface area (Å²) >= 11 is 0. The lowest BCUT2D eigenvalue weighted by atomic mass is 10.2. The van der Waals surface area contributed by atoms with Crippen molar-refractivity contribution in [1.29, 1.82) is 0 Å². The second-order valence-electron chi connectivity index (χ2n) is 4.48. The molecule has 0 bridgehead atoms. The Morgan fingerprint density at radius 1 is 1.38 bits per heavy atom. The highest BCUT2D eigenvalue weighted by molar-refractivity contribution is 6.02. The molecule has 0 aliphatic carbocycles. The first kappa shape index (κ1) is 13.2. The van der Waals surface area contributed by atoms with Crippen LogP contribution in [-0.2, 0) is 14.3 Å². The highest BCUT2D eigenvalue weighted by Gasteiger charge is 2.15. The molecule has 2 N–H and O–H groups in total. The number of anilines is 1. The largest absolute Gasteiger partial charge is 0.494 e. The standard InChI is InChI=1S/C14H14N4O3/c1-9-15-13(18-17-9)10-3-2-4-11(7-10)16-14(19)12-8-20-5-6-21-12/h2-4,7-8H,5-6H2,1H3,(H,16,19)(H,15,17,18). The van der Waals surface area contributed by atoms with Crippen molar-refractivity contribution in [3.8, 4) is 11.4 Å². The first-order chi connectivity index (χ1) is 10.2. The lowest BCUT2D eigenvalue weighted by molar-refractivity contribution is -0.117. The molecule has 2 aromatic rings. The van der Waals surface area contributed by atoms with E-state index in [4.69, 9.17) is 9.47 Å². The number of benzene rings is 1. The Morgan fingerprint density at radius 3 is 3.00 bits per heavy atom. The maximum atomic E-state index is 12.0. The van der Waals surface area contributed by atoms with Gasteiger partial charge < -0.3 is 14.8 Å². The third kappa shape index (κ3) is 3.02. The average Bonchev–Trinajstić information content (AvgIpc) is 2.95. The number of aryl methyl sites for hydroxylation is 1. The van der Waals surface area contributed by atoms with Gasteiger partial charge in [-0.1, -0.05) is 12.1 Å². The van der Waals surface area contributed by atoms with Gasteiger partial charge in [0, 0.05) is 11.3 Å². The molecule has 1 aliphatic heterocycles. The van der Waals surface area contributed by atoms with Crippen molar-refractivity contribution in [2.45, 2.75) is 6.92 Å². The van der Waals surface area contributed by atoms with Gasteiger partial charge >= 0.3 is 0 Å². The summed E-state index contributed by atoms with van der Waals surface area (Å²) in [5, 5.41) is 9.63. The molecular formula is C14H14N4O3. The second-order valence-corrected chi connectivity index (χ2v) is 4.48. The molecule has 0 radical (unpaired) electrons. The minimum Gasteiger partial charge on any atom is -0.494 e. The van der Waals surface area contributed by atoms with Crippen molar-refractivity contribution < 1.29 is 14.3 Å². The summed E-state index contributed by atoms with van der Waals surface area (Å²) in [6, 6.07) is 7.27. The van der Waals surface area contributed by atoms with Gasteiger partial charge in [0.2, 0.25) is 5.76 Å². The van der Waals surface area contributed by atoms with Gasteiger partial charge in [0.25, 0.3) is 5.91 Å². The smallest absolute Gasteiger partial charge is 0.294 e. The minimum atomic E-state index is -0.349. The number of nitrogens with zero attached hydrogens (tertiary/aromatic N) is 2. The molecule has 1 aliphatic rings. The number of H-pyrrole nitrogens is 1. The predicted molar refractivity (Wildman–Crippen MR) is 75.2 cm³/mol. The molecule has 108 valence electrons. The van der Waals surface area contributed by atoms with Crippen LogP contribution < -0.4 is 5.32 Å². The molecule has 1 aromatic heterocycles. The molecule has 0 saturated carbocycles. The van der Waals surface area contributed by atoms with E-state index in [1.165, 1.54) is 6.26 Å². The third-order valence-electron chi connectivity index (χ3n) is 2.85. The van der Waals surface area contributed by atoms with Gasteiger partial charge in [0.15, 0.2) is 5.82 Å². The van der Waals surface area contributed by atoms with E-state index in [1.54, 1.807) is 12.1 Å². The van der Waals surface area contributed by atoms with E-state index in [9.17, 15) is 4.79 Å². The Balaban J connectivity index is 1.77. The zero-order valence-electron chi connectivity index (χ0n) is 11.4. The Bertz CT molecular complexity index is 693. The van der Waals surface area contributed by atoms with Crippen LogP contribution in [0.4, 0.5) is 5.69 Å². The first-order valence-electron chi connectivity index (χ1n) is 6.48. The van der Waals surface area contributed by atoms with Crippen molar-refractivity contribution in [3.63, 3.8) is 0 Å². The normalized spacial score (nSPS) is 13.9. The molecule has 0 unspecified atom stereocenters.